The molecule has 0 aliphatic carbocycles. The van der Waals surface area contributed by atoms with E-state index in [9.17, 15) is 4.79 Å². The maximum atomic E-state index is 10.8. The number of hydrogen-bond acceptors (Lipinski definition) is 4. The molecule has 0 radical (unpaired) electrons. The van der Waals surface area contributed by atoms with Gasteiger partial charge in [0.2, 0.25) is 0 Å². The highest BCUT2D eigenvalue weighted by Gasteiger charge is 2.15. The highest BCUT2D eigenvalue weighted by Crippen LogP contribution is 2.15. The molecule has 2 rings (SSSR count). The summed E-state index contributed by atoms with van der Waals surface area (Å²) in [5, 5.41) is 12.2. The van der Waals surface area contributed by atoms with Gasteiger partial charge < -0.3 is 15.2 Å². The fourth-order valence-electron chi connectivity index (χ4n) is 1.93. The van der Waals surface area contributed by atoms with Gasteiger partial charge in [-0.3, -0.25) is 0 Å². The number of aromatic nitrogens is 1. The second-order valence-corrected chi connectivity index (χ2v) is 4.19. The van der Waals surface area contributed by atoms with Crippen LogP contribution in [0, 0.1) is 6.92 Å². The lowest BCUT2D eigenvalue weighted by Crippen LogP contribution is -2.30. The highest BCUT2D eigenvalue weighted by molar-refractivity contribution is 5.89. The Kier molecular flexibility index (Phi) is 3.58. The van der Waals surface area contributed by atoms with E-state index in [1.807, 2.05) is 0 Å². The summed E-state index contributed by atoms with van der Waals surface area (Å²) < 4.78 is 5.36. The lowest BCUT2D eigenvalue weighted by atomic mass is 10.1. The van der Waals surface area contributed by atoms with Crippen molar-refractivity contribution in [3.05, 3.63) is 23.4 Å². The lowest BCUT2D eigenvalue weighted by molar-refractivity contribution is 0.0695. The van der Waals surface area contributed by atoms with Gasteiger partial charge >= 0.3 is 5.97 Å². The third-order valence-corrected chi connectivity index (χ3v) is 2.83. The van der Waals surface area contributed by atoms with Crippen LogP contribution >= 0.6 is 0 Å². The Morgan fingerprint density at radius 1 is 1.59 bits per heavy atom. The molecule has 5 nitrogen and oxygen atoms in total. The predicted octanol–water partition coefficient (Wildman–Crippen LogP) is 1.68. The topological polar surface area (TPSA) is 71.5 Å². The molecule has 1 fully saturated rings. The van der Waals surface area contributed by atoms with Gasteiger partial charge in [-0.25, -0.2) is 9.78 Å². The quantitative estimate of drug-likeness (QED) is 0.835. The van der Waals surface area contributed by atoms with Crippen LogP contribution in [0.4, 0.5) is 5.82 Å². The molecular weight excluding hydrogens is 220 g/mol. The number of hydrogen-bond donors (Lipinski definition) is 2. The van der Waals surface area contributed by atoms with Gasteiger partial charge in [0, 0.05) is 6.61 Å². The molecule has 0 bridgehead atoms. The van der Waals surface area contributed by atoms with E-state index in [1.54, 1.807) is 19.1 Å². The Hall–Kier alpha value is -1.62. The smallest absolute Gasteiger partial charge is 0.337 e. The Morgan fingerprint density at radius 2 is 2.41 bits per heavy atom. The maximum absolute atomic E-state index is 10.8. The first-order chi connectivity index (χ1) is 8.16. The number of aromatic carboxylic acids is 1. The van der Waals surface area contributed by atoms with Gasteiger partial charge in [0.05, 0.1) is 23.9 Å². The zero-order valence-electron chi connectivity index (χ0n) is 9.77. The van der Waals surface area contributed by atoms with E-state index in [-0.39, 0.29) is 11.6 Å². The number of nitrogens with zero attached hydrogens (tertiary/aromatic N) is 1. The highest BCUT2D eigenvalue weighted by atomic mass is 16.5. The third kappa shape index (κ3) is 2.94. The van der Waals surface area contributed by atoms with Crippen LogP contribution in [0.5, 0.6) is 0 Å². The van der Waals surface area contributed by atoms with Gasteiger partial charge in [-0.15, -0.1) is 0 Å². The monoisotopic (exact) mass is 236 g/mol. The fraction of sp³-hybridized carbons (Fsp3) is 0.500. The van der Waals surface area contributed by atoms with Crippen molar-refractivity contribution in [2.45, 2.75) is 25.8 Å². The van der Waals surface area contributed by atoms with Crippen LogP contribution in [0.15, 0.2) is 12.1 Å². The molecule has 1 atom stereocenters. The zero-order chi connectivity index (χ0) is 12.3. The van der Waals surface area contributed by atoms with Crippen molar-refractivity contribution < 1.29 is 14.6 Å². The first-order valence-corrected chi connectivity index (χ1v) is 5.72. The fourth-order valence-corrected chi connectivity index (χ4v) is 1.93. The van der Waals surface area contributed by atoms with E-state index in [0.29, 0.717) is 18.1 Å². The molecule has 1 aromatic heterocycles. The molecule has 17 heavy (non-hydrogen) atoms. The van der Waals surface area contributed by atoms with E-state index in [0.717, 1.165) is 19.4 Å². The zero-order valence-corrected chi connectivity index (χ0v) is 9.77. The van der Waals surface area contributed by atoms with Crippen molar-refractivity contribution in [3.63, 3.8) is 0 Å². The number of carbonyl (C=O) groups is 1. The number of anilines is 1. The van der Waals surface area contributed by atoms with Crippen molar-refractivity contribution in [1.29, 1.82) is 0 Å². The normalized spacial score (nSPS) is 19.9. The minimum Gasteiger partial charge on any atom is -0.478 e. The van der Waals surface area contributed by atoms with Crippen LogP contribution in [0.2, 0.25) is 0 Å². The largest absolute Gasteiger partial charge is 0.478 e. The van der Waals surface area contributed by atoms with Crippen molar-refractivity contribution in [2.75, 3.05) is 18.5 Å². The molecule has 92 valence electrons. The predicted molar refractivity (Wildman–Crippen MR) is 63.4 cm³/mol. The van der Waals surface area contributed by atoms with Crippen LogP contribution in [-0.2, 0) is 4.74 Å². The average molecular weight is 236 g/mol. The number of carboxylic acid groups (broad SMARTS) is 1. The van der Waals surface area contributed by atoms with Crippen LogP contribution in [0.3, 0.4) is 0 Å². The minimum atomic E-state index is -0.942. The van der Waals surface area contributed by atoms with Crippen molar-refractivity contribution in [1.82, 2.24) is 4.98 Å². The molecule has 1 unspecified atom stereocenters. The first-order valence-electron chi connectivity index (χ1n) is 5.72. The number of ether oxygens (including phenoxy) is 1. The van der Waals surface area contributed by atoms with Gasteiger partial charge in [-0.2, -0.15) is 0 Å². The van der Waals surface area contributed by atoms with Crippen LogP contribution in [0.25, 0.3) is 0 Å². The molecule has 1 aliphatic rings. The first kappa shape index (κ1) is 11.9. The van der Waals surface area contributed by atoms with Gasteiger partial charge in [-0.05, 0) is 31.9 Å². The molecule has 2 heterocycles. The summed E-state index contributed by atoms with van der Waals surface area (Å²) >= 11 is 0. The number of pyridine rings is 1. The second-order valence-electron chi connectivity index (χ2n) is 4.19. The Morgan fingerprint density at radius 3 is 3.00 bits per heavy atom. The molecule has 2 N–H and O–H groups in total. The summed E-state index contributed by atoms with van der Waals surface area (Å²) in [4.78, 5) is 15.1. The molecule has 0 saturated carbocycles. The summed E-state index contributed by atoms with van der Waals surface area (Å²) in [6, 6.07) is 3.55. The number of carboxylic acids is 1. The van der Waals surface area contributed by atoms with Crippen LogP contribution in [0.1, 0.15) is 28.9 Å². The van der Waals surface area contributed by atoms with Crippen molar-refractivity contribution in [3.8, 4) is 0 Å². The second kappa shape index (κ2) is 5.14. The molecule has 0 amide bonds. The van der Waals surface area contributed by atoms with E-state index in [4.69, 9.17) is 9.84 Å². The molecule has 0 aromatic carbocycles. The molecule has 1 saturated heterocycles. The van der Waals surface area contributed by atoms with E-state index >= 15 is 0 Å². The summed E-state index contributed by atoms with van der Waals surface area (Å²) in [5.41, 5.74) is 0.773. The lowest BCUT2D eigenvalue weighted by Gasteiger charge is -2.23. The maximum Gasteiger partial charge on any atom is 0.337 e. The van der Waals surface area contributed by atoms with Gasteiger partial charge in [0.1, 0.15) is 5.82 Å². The molecule has 1 aliphatic heterocycles. The van der Waals surface area contributed by atoms with E-state index in [2.05, 4.69) is 10.3 Å². The van der Waals surface area contributed by atoms with Crippen molar-refractivity contribution in [2.24, 2.45) is 0 Å². The SMILES string of the molecule is Cc1nc(NC2CCCOC2)ccc1C(=O)O. The average Bonchev–Trinajstić information content (AvgIpc) is 2.30. The van der Waals surface area contributed by atoms with Gasteiger partial charge in [0.15, 0.2) is 0 Å². The minimum absolute atomic E-state index is 0.246. The number of nitrogens with one attached hydrogen (secondary N) is 1. The van der Waals surface area contributed by atoms with Crippen molar-refractivity contribution >= 4 is 11.8 Å². The van der Waals surface area contributed by atoms with Crippen LogP contribution in [-0.4, -0.2) is 35.3 Å². The van der Waals surface area contributed by atoms with Crippen LogP contribution < -0.4 is 5.32 Å². The number of aryl methyl sites for hydroxylation is 1. The Labute approximate surface area is 99.8 Å². The number of rotatable bonds is 3. The summed E-state index contributed by atoms with van der Waals surface area (Å²) in [5.74, 6) is -0.231. The molecule has 0 spiro atoms. The van der Waals surface area contributed by atoms with E-state index < -0.39 is 5.97 Å². The molecular formula is C12H16N2O3. The standard InChI is InChI=1S/C12H16N2O3/c1-8-10(12(15)16)4-5-11(13-8)14-9-3-2-6-17-7-9/h4-5,9H,2-3,6-7H2,1H3,(H,13,14)(H,15,16). The molecule has 1 aromatic rings. The van der Waals surface area contributed by atoms with Gasteiger partial charge in [0.25, 0.3) is 0 Å². The summed E-state index contributed by atoms with van der Waals surface area (Å²) in [7, 11) is 0. The molecule has 5 heteroatoms. The Balaban J connectivity index is 2.06. The summed E-state index contributed by atoms with van der Waals surface area (Å²) in [6.45, 7) is 3.20. The van der Waals surface area contributed by atoms with Gasteiger partial charge in [-0.1, -0.05) is 0 Å². The third-order valence-electron chi connectivity index (χ3n) is 2.83. The van der Waals surface area contributed by atoms with E-state index in [1.165, 1.54) is 0 Å². The Bertz CT molecular complexity index is 414. The summed E-state index contributed by atoms with van der Waals surface area (Å²) in [6.07, 6.45) is 2.10.